The third kappa shape index (κ3) is 1.95. The molecule has 0 aromatic heterocycles. The maximum Gasteiger partial charge on any atom is 0.166 e. The van der Waals surface area contributed by atoms with Crippen LogP contribution in [0.15, 0.2) is 16.6 Å². The predicted molar refractivity (Wildman–Crippen MR) is 70.0 cm³/mol. The van der Waals surface area contributed by atoms with Crippen molar-refractivity contribution in [1.82, 2.24) is 0 Å². The van der Waals surface area contributed by atoms with Crippen LogP contribution in [0.1, 0.15) is 48.2 Å². The monoisotopic (exact) mass is 280 g/mol. The highest BCUT2D eigenvalue weighted by Crippen LogP contribution is 2.34. The number of hydrogen-bond donors (Lipinski definition) is 0. The minimum Gasteiger partial charge on any atom is -0.294 e. The molecular formula is C14H17BrO. The summed E-state index contributed by atoms with van der Waals surface area (Å²) in [6, 6.07) is 4.12. The van der Waals surface area contributed by atoms with E-state index >= 15 is 0 Å². The normalized spacial score (nSPS) is 18.9. The Bertz CT molecular complexity index is 423. The number of halogens is 1. The van der Waals surface area contributed by atoms with E-state index in [0.717, 1.165) is 18.4 Å². The fourth-order valence-electron chi connectivity index (χ4n) is 2.32. The van der Waals surface area contributed by atoms with Gasteiger partial charge in [0.15, 0.2) is 5.78 Å². The van der Waals surface area contributed by atoms with Crippen molar-refractivity contribution >= 4 is 21.7 Å². The van der Waals surface area contributed by atoms with Gasteiger partial charge in [-0.3, -0.25) is 4.79 Å². The summed E-state index contributed by atoms with van der Waals surface area (Å²) in [5.74, 6) is 0.463. The molecule has 0 heterocycles. The molecule has 0 spiro atoms. The molecule has 0 fully saturated rings. The van der Waals surface area contributed by atoms with Crippen LogP contribution in [-0.2, 0) is 12.8 Å². The molecule has 2 heteroatoms. The number of ketones is 1. The average molecular weight is 281 g/mol. The molecule has 2 rings (SSSR count). The first-order valence-corrected chi connectivity index (χ1v) is 6.79. The van der Waals surface area contributed by atoms with E-state index in [2.05, 4.69) is 28.9 Å². The van der Waals surface area contributed by atoms with Crippen LogP contribution in [0, 0.1) is 5.92 Å². The molecule has 1 aromatic rings. The van der Waals surface area contributed by atoms with Gasteiger partial charge in [0.2, 0.25) is 0 Å². The Kier molecular flexibility index (Phi) is 3.48. The second-order valence-corrected chi connectivity index (χ2v) is 5.43. The summed E-state index contributed by atoms with van der Waals surface area (Å²) in [5, 5.41) is 0. The van der Waals surface area contributed by atoms with Crippen LogP contribution in [0.3, 0.4) is 0 Å². The largest absolute Gasteiger partial charge is 0.294 e. The summed E-state index contributed by atoms with van der Waals surface area (Å²) in [6.07, 6.45) is 4.42. The first kappa shape index (κ1) is 11.8. The van der Waals surface area contributed by atoms with E-state index in [1.807, 2.05) is 13.0 Å². The first-order valence-electron chi connectivity index (χ1n) is 5.99. The van der Waals surface area contributed by atoms with E-state index in [1.165, 1.54) is 28.4 Å². The van der Waals surface area contributed by atoms with Crippen LogP contribution in [-0.4, -0.2) is 5.78 Å². The summed E-state index contributed by atoms with van der Waals surface area (Å²) in [5.41, 5.74) is 3.51. The Morgan fingerprint density at radius 1 is 1.44 bits per heavy atom. The van der Waals surface area contributed by atoms with Crippen molar-refractivity contribution in [3.8, 4) is 0 Å². The molecule has 1 aliphatic rings. The molecule has 0 saturated carbocycles. The van der Waals surface area contributed by atoms with Crippen molar-refractivity contribution < 1.29 is 4.79 Å². The molecule has 1 nitrogen and oxygen atoms in total. The Morgan fingerprint density at radius 2 is 2.19 bits per heavy atom. The molecule has 16 heavy (non-hydrogen) atoms. The van der Waals surface area contributed by atoms with E-state index in [1.54, 1.807) is 0 Å². The van der Waals surface area contributed by atoms with Crippen LogP contribution in [0.2, 0.25) is 0 Å². The Labute approximate surface area is 105 Å². The van der Waals surface area contributed by atoms with Gasteiger partial charge in [0.05, 0.1) is 0 Å². The van der Waals surface area contributed by atoms with Gasteiger partial charge in [-0.15, -0.1) is 0 Å². The molecule has 1 atom stereocenters. The summed E-state index contributed by atoms with van der Waals surface area (Å²) >= 11 is 3.67. The van der Waals surface area contributed by atoms with Gasteiger partial charge in [-0.25, -0.2) is 0 Å². The van der Waals surface area contributed by atoms with E-state index < -0.39 is 0 Å². The van der Waals surface area contributed by atoms with Crippen molar-refractivity contribution in [2.75, 3.05) is 0 Å². The van der Waals surface area contributed by atoms with Crippen LogP contribution >= 0.6 is 15.9 Å². The topological polar surface area (TPSA) is 17.1 Å². The van der Waals surface area contributed by atoms with Crippen molar-refractivity contribution in [3.05, 3.63) is 33.3 Å². The number of unbranched alkanes of at least 4 members (excludes halogenated alkanes) is 1. The van der Waals surface area contributed by atoms with E-state index in [4.69, 9.17) is 0 Å². The standard InChI is InChI=1S/C14H17BrO/c1-3-4-5-10-6-7-11-12(13(10)15)8-9(2)14(11)16/h6-7,9H,3-5,8H2,1-2H3. The summed E-state index contributed by atoms with van der Waals surface area (Å²) < 4.78 is 1.18. The molecular weight excluding hydrogens is 264 g/mol. The second-order valence-electron chi connectivity index (χ2n) is 4.64. The number of Topliss-reactive ketones (excluding diaryl/α,β-unsaturated/α-hetero) is 1. The number of benzene rings is 1. The van der Waals surface area contributed by atoms with Crippen LogP contribution in [0.5, 0.6) is 0 Å². The molecule has 1 aromatic carbocycles. The van der Waals surface area contributed by atoms with Gasteiger partial charge in [0.25, 0.3) is 0 Å². The van der Waals surface area contributed by atoms with Crippen molar-refractivity contribution in [1.29, 1.82) is 0 Å². The molecule has 0 aliphatic heterocycles. The Balaban J connectivity index is 2.35. The maximum atomic E-state index is 11.9. The van der Waals surface area contributed by atoms with Gasteiger partial charge in [-0.05, 0) is 30.4 Å². The lowest BCUT2D eigenvalue weighted by molar-refractivity contribution is 0.0946. The summed E-state index contributed by atoms with van der Waals surface area (Å²) in [4.78, 5) is 11.9. The third-order valence-corrected chi connectivity index (χ3v) is 4.33. The van der Waals surface area contributed by atoms with E-state index in [9.17, 15) is 4.79 Å². The highest BCUT2D eigenvalue weighted by Gasteiger charge is 2.29. The fourth-order valence-corrected chi connectivity index (χ4v) is 3.03. The van der Waals surface area contributed by atoms with Crippen LogP contribution in [0.25, 0.3) is 0 Å². The molecule has 86 valence electrons. The number of aryl methyl sites for hydroxylation is 1. The highest BCUT2D eigenvalue weighted by molar-refractivity contribution is 9.10. The molecule has 1 aliphatic carbocycles. The Hall–Kier alpha value is -0.630. The lowest BCUT2D eigenvalue weighted by atomic mass is 10.0. The number of carbonyl (C=O) groups excluding carboxylic acids is 1. The Morgan fingerprint density at radius 3 is 2.88 bits per heavy atom. The van der Waals surface area contributed by atoms with Crippen molar-refractivity contribution in [2.24, 2.45) is 5.92 Å². The number of rotatable bonds is 3. The zero-order valence-corrected chi connectivity index (χ0v) is 11.4. The smallest absolute Gasteiger partial charge is 0.166 e. The average Bonchev–Trinajstić information content (AvgIpc) is 2.56. The lowest BCUT2D eigenvalue weighted by Crippen LogP contribution is -2.02. The van der Waals surface area contributed by atoms with Crippen LogP contribution in [0.4, 0.5) is 0 Å². The SMILES string of the molecule is CCCCc1ccc2c(c1Br)CC(C)C2=O. The second kappa shape index (κ2) is 4.70. The van der Waals surface area contributed by atoms with Gasteiger partial charge in [0.1, 0.15) is 0 Å². The summed E-state index contributed by atoms with van der Waals surface area (Å²) in [6.45, 7) is 4.22. The summed E-state index contributed by atoms with van der Waals surface area (Å²) in [7, 11) is 0. The zero-order valence-electron chi connectivity index (χ0n) is 9.85. The lowest BCUT2D eigenvalue weighted by Gasteiger charge is -2.08. The van der Waals surface area contributed by atoms with Gasteiger partial charge in [0, 0.05) is 16.0 Å². The van der Waals surface area contributed by atoms with Crippen LogP contribution < -0.4 is 0 Å². The number of carbonyl (C=O) groups is 1. The van der Waals surface area contributed by atoms with Gasteiger partial charge in [-0.1, -0.05) is 48.3 Å². The van der Waals surface area contributed by atoms with Gasteiger partial charge >= 0.3 is 0 Å². The van der Waals surface area contributed by atoms with E-state index in [0.29, 0.717) is 5.78 Å². The minimum absolute atomic E-state index is 0.160. The maximum absolute atomic E-state index is 11.9. The van der Waals surface area contributed by atoms with Gasteiger partial charge in [-0.2, -0.15) is 0 Å². The first-order chi connectivity index (χ1) is 7.65. The number of fused-ring (bicyclic) bond motifs is 1. The van der Waals surface area contributed by atoms with E-state index in [-0.39, 0.29) is 5.92 Å². The third-order valence-electron chi connectivity index (χ3n) is 3.35. The van der Waals surface area contributed by atoms with Gasteiger partial charge < -0.3 is 0 Å². The molecule has 0 bridgehead atoms. The predicted octanol–water partition coefficient (Wildman–Crippen LogP) is 4.17. The molecule has 0 saturated heterocycles. The highest BCUT2D eigenvalue weighted by atomic mass is 79.9. The molecule has 0 amide bonds. The quantitative estimate of drug-likeness (QED) is 0.812. The zero-order chi connectivity index (χ0) is 11.7. The number of hydrogen-bond acceptors (Lipinski definition) is 1. The molecule has 1 unspecified atom stereocenters. The minimum atomic E-state index is 0.160. The molecule has 0 N–H and O–H groups in total. The fraction of sp³-hybridized carbons (Fsp3) is 0.500. The van der Waals surface area contributed by atoms with Crippen molar-refractivity contribution in [3.63, 3.8) is 0 Å². The molecule has 0 radical (unpaired) electrons. The van der Waals surface area contributed by atoms with Crippen molar-refractivity contribution in [2.45, 2.75) is 39.5 Å².